The van der Waals surface area contributed by atoms with Gasteiger partial charge in [0.2, 0.25) is 0 Å². The zero-order valence-corrected chi connectivity index (χ0v) is 23.7. The van der Waals surface area contributed by atoms with Crippen LogP contribution in [0.3, 0.4) is 0 Å². The summed E-state index contributed by atoms with van der Waals surface area (Å²) >= 11 is 0. The highest BCUT2D eigenvalue weighted by molar-refractivity contribution is 6.26. The summed E-state index contributed by atoms with van der Waals surface area (Å²) in [6.45, 7) is 4.75. The van der Waals surface area contributed by atoms with Crippen LogP contribution < -0.4 is 0 Å². The molecule has 0 radical (unpaired) electrons. The Kier molecular flexibility index (Phi) is 4.73. The number of hydrogen-bond acceptors (Lipinski definition) is 0. The van der Waals surface area contributed by atoms with Crippen molar-refractivity contribution in [2.45, 2.75) is 19.3 Å². The molecule has 7 aromatic carbocycles. The van der Waals surface area contributed by atoms with Gasteiger partial charge in [0, 0.05) is 27.4 Å². The zero-order chi connectivity index (χ0) is 28.0. The smallest absolute Gasteiger partial charge is 0.0553 e. The van der Waals surface area contributed by atoms with Gasteiger partial charge in [0.25, 0.3) is 0 Å². The van der Waals surface area contributed by atoms with Crippen LogP contribution in [0.25, 0.3) is 71.3 Å². The summed E-state index contributed by atoms with van der Waals surface area (Å²) in [4.78, 5) is 0. The van der Waals surface area contributed by atoms with Gasteiger partial charge in [-0.25, -0.2) is 0 Å². The van der Waals surface area contributed by atoms with Crippen LogP contribution in [0.4, 0.5) is 0 Å². The summed E-state index contributed by atoms with van der Waals surface area (Å²) in [5.41, 5.74) is 11.6. The lowest BCUT2D eigenvalue weighted by Gasteiger charge is -2.35. The first kappa shape index (κ1) is 23.6. The average Bonchev–Trinajstić information content (AvgIpc) is 3.35. The van der Waals surface area contributed by atoms with Crippen molar-refractivity contribution in [2.75, 3.05) is 0 Å². The molecule has 0 amide bonds. The number of rotatable bonds is 2. The predicted octanol–water partition coefficient (Wildman–Crippen LogP) is 11.1. The van der Waals surface area contributed by atoms with Crippen LogP contribution in [-0.2, 0) is 5.41 Å². The second-order valence-corrected chi connectivity index (χ2v) is 12.2. The third-order valence-corrected chi connectivity index (χ3v) is 9.54. The van der Waals surface area contributed by atoms with Gasteiger partial charge >= 0.3 is 0 Å². The van der Waals surface area contributed by atoms with E-state index in [4.69, 9.17) is 0 Å². The summed E-state index contributed by atoms with van der Waals surface area (Å²) in [6.07, 6.45) is 0. The van der Waals surface area contributed by atoms with Crippen molar-refractivity contribution in [3.63, 3.8) is 0 Å². The molecule has 9 rings (SSSR count). The van der Waals surface area contributed by atoms with E-state index in [1.165, 1.54) is 82.4 Å². The Bertz CT molecular complexity index is 2350. The maximum atomic E-state index is 2.48. The molecule has 0 fully saturated rings. The van der Waals surface area contributed by atoms with Crippen LogP contribution >= 0.6 is 0 Å². The molecule has 0 bridgehead atoms. The topological polar surface area (TPSA) is 4.93 Å². The van der Waals surface area contributed by atoms with Crippen LogP contribution in [0.15, 0.2) is 140 Å². The zero-order valence-electron chi connectivity index (χ0n) is 23.7. The lowest BCUT2D eigenvalue weighted by molar-refractivity contribution is 0.645. The van der Waals surface area contributed by atoms with Gasteiger partial charge in [-0.3, -0.25) is 0 Å². The second kappa shape index (κ2) is 8.44. The molecule has 0 saturated carbocycles. The van der Waals surface area contributed by atoms with Crippen molar-refractivity contribution in [2.24, 2.45) is 0 Å². The molecule has 1 aliphatic rings. The highest BCUT2D eigenvalue weighted by Crippen LogP contribution is 2.53. The van der Waals surface area contributed by atoms with Crippen molar-refractivity contribution in [3.8, 4) is 27.9 Å². The van der Waals surface area contributed by atoms with Crippen LogP contribution in [0.1, 0.15) is 25.0 Å². The Morgan fingerprint density at radius 2 is 1.10 bits per heavy atom. The van der Waals surface area contributed by atoms with Crippen molar-refractivity contribution >= 4 is 43.4 Å². The Balaban J connectivity index is 1.46. The number of fused-ring (bicyclic) bond motifs is 7. The molecule has 1 aliphatic carbocycles. The molecule has 1 nitrogen and oxygen atoms in total. The van der Waals surface area contributed by atoms with Crippen molar-refractivity contribution in [1.82, 2.24) is 4.57 Å². The first-order valence-corrected chi connectivity index (χ1v) is 14.8. The van der Waals surface area contributed by atoms with Crippen LogP contribution in [-0.4, -0.2) is 4.57 Å². The van der Waals surface area contributed by atoms with Gasteiger partial charge in [-0.2, -0.15) is 0 Å². The molecule has 42 heavy (non-hydrogen) atoms. The number of benzene rings is 7. The molecule has 1 aromatic heterocycles. The molecule has 0 atom stereocenters. The maximum Gasteiger partial charge on any atom is 0.0553 e. The number of hydrogen-bond donors (Lipinski definition) is 0. The summed E-state index contributed by atoms with van der Waals surface area (Å²) in [5.74, 6) is 0. The van der Waals surface area contributed by atoms with E-state index < -0.39 is 0 Å². The first-order chi connectivity index (χ1) is 20.6. The summed E-state index contributed by atoms with van der Waals surface area (Å²) in [6, 6.07) is 51.6. The minimum absolute atomic E-state index is 0.0743. The van der Waals surface area contributed by atoms with E-state index in [-0.39, 0.29) is 5.41 Å². The SMILES string of the molecule is CC1(C)c2ccccc2-c2c3c1cccc3cc1c2c2cc3ccccc3cc2n1-c1ccc(-c2ccccc2)cc1. The van der Waals surface area contributed by atoms with Crippen LogP contribution in [0.5, 0.6) is 0 Å². The van der Waals surface area contributed by atoms with Gasteiger partial charge < -0.3 is 4.57 Å². The van der Waals surface area contributed by atoms with Crippen LogP contribution in [0.2, 0.25) is 0 Å². The maximum absolute atomic E-state index is 2.48. The average molecular weight is 536 g/mol. The van der Waals surface area contributed by atoms with Crippen LogP contribution in [0, 0.1) is 0 Å². The Morgan fingerprint density at radius 1 is 0.476 bits per heavy atom. The number of aromatic nitrogens is 1. The standard InChI is InChI=1S/C41H29N/c1-41(2)34-17-9-8-16-32(34)40-38-30(15-10-18-35(38)41)25-37-39(40)33-23-28-13-6-7-14-29(28)24-36(33)42(37)31-21-19-27(20-22-31)26-11-4-3-5-12-26/h3-25H,1-2H3. The highest BCUT2D eigenvalue weighted by atomic mass is 15.0. The van der Waals surface area contributed by atoms with E-state index in [9.17, 15) is 0 Å². The number of nitrogens with zero attached hydrogens (tertiary/aromatic N) is 1. The second-order valence-electron chi connectivity index (χ2n) is 12.2. The molecule has 198 valence electrons. The molecule has 0 saturated heterocycles. The van der Waals surface area contributed by atoms with Gasteiger partial charge in [0.15, 0.2) is 0 Å². The van der Waals surface area contributed by atoms with Crippen molar-refractivity contribution in [3.05, 3.63) is 151 Å². The van der Waals surface area contributed by atoms with Crippen molar-refractivity contribution in [1.29, 1.82) is 0 Å². The molecule has 0 N–H and O–H groups in total. The Labute approximate surface area is 245 Å². The molecular formula is C41H29N. The van der Waals surface area contributed by atoms with Gasteiger partial charge in [-0.05, 0) is 79.7 Å². The minimum Gasteiger partial charge on any atom is -0.309 e. The fourth-order valence-electron chi connectivity index (χ4n) is 7.53. The van der Waals surface area contributed by atoms with E-state index in [1.54, 1.807) is 0 Å². The Hall–Kier alpha value is -5.14. The van der Waals surface area contributed by atoms with E-state index >= 15 is 0 Å². The summed E-state index contributed by atoms with van der Waals surface area (Å²) < 4.78 is 2.48. The van der Waals surface area contributed by atoms with E-state index in [0.717, 1.165) is 0 Å². The fraction of sp³-hybridized carbons (Fsp3) is 0.0732. The van der Waals surface area contributed by atoms with Gasteiger partial charge in [0.05, 0.1) is 11.0 Å². The normalized spacial score (nSPS) is 13.7. The Morgan fingerprint density at radius 3 is 1.90 bits per heavy atom. The van der Waals surface area contributed by atoms with Gasteiger partial charge in [-0.1, -0.05) is 123 Å². The van der Waals surface area contributed by atoms with E-state index in [0.29, 0.717) is 0 Å². The lowest BCUT2D eigenvalue weighted by atomic mass is 9.68. The lowest BCUT2D eigenvalue weighted by Crippen LogP contribution is -2.23. The largest absolute Gasteiger partial charge is 0.309 e. The third kappa shape index (κ3) is 3.14. The molecule has 0 spiro atoms. The third-order valence-electron chi connectivity index (χ3n) is 9.54. The highest BCUT2D eigenvalue weighted by Gasteiger charge is 2.35. The molecule has 8 aromatic rings. The molecule has 0 aliphatic heterocycles. The molecule has 1 heteroatoms. The van der Waals surface area contributed by atoms with E-state index in [1.807, 2.05) is 0 Å². The molecular weight excluding hydrogens is 506 g/mol. The molecule has 0 unspecified atom stereocenters. The minimum atomic E-state index is -0.0743. The quantitative estimate of drug-likeness (QED) is 0.207. The predicted molar refractivity (Wildman–Crippen MR) is 179 cm³/mol. The van der Waals surface area contributed by atoms with E-state index in [2.05, 4.69) is 158 Å². The van der Waals surface area contributed by atoms with Crippen molar-refractivity contribution < 1.29 is 0 Å². The summed E-state index contributed by atoms with van der Waals surface area (Å²) in [7, 11) is 0. The fourth-order valence-corrected chi connectivity index (χ4v) is 7.53. The monoisotopic (exact) mass is 535 g/mol. The first-order valence-electron chi connectivity index (χ1n) is 14.8. The van der Waals surface area contributed by atoms with Gasteiger partial charge in [-0.15, -0.1) is 0 Å². The summed E-state index contributed by atoms with van der Waals surface area (Å²) in [5, 5.41) is 7.86. The van der Waals surface area contributed by atoms with Gasteiger partial charge in [0.1, 0.15) is 0 Å². The molecule has 1 heterocycles.